The summed E-state index contributed by atoms with van der Waals surface area (Å²) < 4.78 is 0. The number of thiophene rings is 1. The minimum absolute atomic E-state index is 0.411. The van der Waals surface area contributed by atoms with Gasteiger partial charge in [0.25, 0.3) is 5.91 Å². The largest absolute Gasteiger partial charge is 0.479 e. The highest BCUT2D eigenvalue weighted by Crippen LogP contribution is 2.30. The van der Waals surface area contributed by atoms with E-state index in [9.17, 15) is 9.59 Å². The van der Waals surface area contributed by atoms with Crippen LogP contribution in [0.1, 0.15) is 15.4 Å². The van der Waals surface area contributed by atoms with Crippen molar-refractivity contribution in [1.82, 2.24) is 10.5 Å². The molecule has 2 aromatic rings. The molecule has 6 nitrogen and oxygen atoms in total. The van der Waals surface area contributed by atoms with Gasteiger partial charge in [-0.2, -0.15) is 0 Å². The highest BCUT2D eigenvalue weighted by atomic mass is 32.1. The SMILES string of the molecule is Cc1nc(-c2cccs2)sc1C(=O)NOCC(=O)O. The smallest absolute Gasteiger partial charge is 0.332 e. The van der Waals surface area contributed by atoms with E-state index in [0.717, 1.165) is 9.88 Å². The van der Waals surface area contributed by atoms with Crippen LogP contribution in [0.4, 0.5) is 0 Å². The molecule has 100 valence electrons. The quantitative estimate of drug-likeness (QED) is 0.823. The average molecular weight is 298 g/mol. The van der Waals surface area contributed by atoms with Gasteiger partial charge in [0.2, 0.25) is 0 Å². The van der Waals surface area contributed by atoms with Crippen LogP contribution < -0.4 is 5.48 Å². The number of thiazole rings is 1. The second-order valence-electron chi connectivity index (χ2n) is 3.52. The lowest BCUT2D eigenvalue weighted by Crippen LogP contribution is -2.26. The van der Waals surface area contributed by atoms with Crippen molar-refractivity contribution in [3.63, 3.8) is 0 Å². The van der Waals surface area contributed by atoms with Crippen LogP contribution in [0.25, 0.3) is 9.88 Å². The number of nitrogens with zero attached hydrogens (tertiary/aromatic N) is 1. The first-order valence-corrected chi connectivity index (χ1v) is 6.92. The molecule has 0 bridgehead atoms. The highest BCUT2D eigenvalue weighted by molar-refractivity contribution is 7.22. The first-order valence-electron chi connectivity index (χ1n) is 5.23. The highest BCUT2D eigenvalue weighted by Gasteiger charge is 2.17. The number of rotatable bonds is 5. The fourth-order valence-electron chi connectivity index (χ4n) is 1.32. The molecule has 0 aliphatic carbocycles. The molecule has 0 unspecified atom stereocenters. The van der Waals surface area contributed by atoms with E-state index in [-0.39, 0.29) is 0 Å². The van der Waals surface area contributed by atoms with Crippen LogP contribution in [0.15, 0.2) is 17.5 Å². The maximum absolute atomic E-state index is 11.8. The third-order valence-corrected chi connectivity index (χ3v) is 4.29. The fraction of sp³-hybridized carbons (Fsp3) is 0.182. The van der Waals surface area contributed by atoms with E-state index in [1.54, 1.807) is 6.92 Å². The van der Waals surface area contributed by atoms with Crippen molar-refractivity contribution >= 4 is 34.6 Å². The molecule has 0 fully saturated rings. The molecule has 1 amide bonds. The molecule has 0 aliphatic rings. The number of aryl methyl sites for hydroxylation is 1. The Balaban J connectivity index is 2.08. The van der Waals surface area contributed by atoms with Crippen LogP contribution in [0, 0.1) is 6.92 Å². The Bertz CT molecular complexity index is 592. The fourth-order valence-corrected chi connectivity index (χ4v) is 3.07. The van der Waals surface area contributed by atoms with Gasteiger partial charge in [0, 0.05) is 0 Å². The van der Waals surface area contributed by atoms with Crippen LogP contribution in [0.2, 0.25) is 0 Å². The molecule has 2 aromatic heterocycles. The van der Waals surface area contributed by atoms with Crippen LogP contribution >= 0.6 is 22.7 Å². The Labute approximate surface area is 116 Å². The van der Waals surface area contributed by atoms with Crippen LogP contribution in [0.5, 0.6) is 0 Å². The second kappa shape index (κ2) is 5.91. The topological polar surface area (TPSA) is 88.5 Å². The van der Waals surface area contributed by atoms with Crippen LogP contribution in [0.3, 0.4) is 0 Å². The van der Waals surface area contributed by atoms with Gasteiger partial charge in [0.05, 0.1) is 10.6 Å². The van der Waals surface area contributed by atoms with Crippen molar-refractivity contribution in [2.24, 2.45) is 0 Å². The Hall–Kier alpha value is -1.77. The van der Waals surface area contributed by atoms with Crippen molar-refractivity contribution in [2.45, 2.75) is 6.92 Å². The summed E-state index contributed by atoms with van der Waals surface area (Å²) in [4.78, 5) is 32.3. The first-order chi connectivity index (χ1) is 9.08. The zero-order chi connectivity index (χ0) is 13.8. The summed E-state index contributed by atoms with van der Waals surface area (Å²) in [6.45, 7) is 1.14. The maximum Gasteiger partial charge on any atom is 0.332 e. The number of carbonyl (C=O) groups excluding carboxylic acids is 1. The predicted molar refractivity (Wildman–Crippen MR) is 71.2 cm³/mol. The monoisotopic (exact) mass is 298 g/mol. The molecular formula is C11H10N2O4S2. The molecule has 2 rings (SSSR count). The summed E-state index contributed by atoms with van der Waals surface area (Å²) >= 11 is 2.78. The van der Waals surface area contributed by atoms with Crippen molar-refractivity contribution in [3.8, 4) is 9.88 Å². The minimum atomic E-state index is -1.15. The van der Waals surface area contributed by atoms with Crippen LogP contribution in [-0.2, 0) is 9.63 Å². The molecule has 0 atom stereocenters. The molecule has 8 heteroatoms. The van der Waals surface area contributed by atoms with E-state index < -0.39 is 18.5 Å². The number of aliphatic carboxylic acids is 1. The molecule has 0 spiro atoms. The Morgan fingerprint density at radius 1 is 1.53 bits per heavy atom. The number of carboxylic acids is 1. The number of hydroxylamine groups is 1. The van der Waals surface area contributed by atoms with Crippen molar-refractivity contribution in [1.29, 1.82) is 0 Å². The number of hydrogen-bond donors (Lipinski definition) is 2. The van der Waals surface area contributed by atoms with Gasteiger partial charge in [-0.3, -0.25) is 9.63 Å². The number of carbonyl (C=O) groups is 2. The normalized spacial score (nSPS) is 10.4. The van der Waals surface area contributed by atoms with Gasteiger partial charge in [-0.1, -0.05) is 6.07 Å². The van der Waals surface area contributed by atoms with Crippen LogP contribution in [-0.4, -0.2) is 28.6 Å². The third kappa shape index (κ3) is 3.37. The van der Waals surface area contributed by atoms with E-state index in [4.69, 9.17) is 5.11 Å². The number of aromatic nitrogens is 1. The molecule has 0 saturated heterocycles. The minimum Gasteiger partial charge on any atom is -0.479 e. The summed E-state index contributed by atoms with van der Waals surface area (Å²) in [5.74, 6) is -1.64. The predicted octanol–water partition coefficient (Wildman–Crippen LogP) is 1.93. The number of carboxylic acid groups (broad SMARTS) is 1. The van der Waals surface area contributed by atoms with Gasteiger partial charge in [-0.25, -0.2) is 15.3 Å². The Morgan fingerprint density at radius 2 is 2.32 bits per heavy atom. The van der Waals surface area contributed by atoms with Gasteiger partial charge in [-0.15, -0.1) is 22.7 Å². The summed E-state index contributed by atoms with van der Waals surface area (Å²) in [5, 5.41) is 11.1. The molecule has 0 radical (unpaired) electrons. The molecule has 2 N–H and O–H groups in total. The number of amides is 1. The summed E-state index contributed by atoms with van der Waals surface area (Å²) in [6, 6.07) is 3.83. The van der Waals surface area contributed by atoms with Gasteiger partial charge in [0.1, 0.15) is 9.88 Å². The third-order valence-electron chi connectivity index (χ3n) is 2.10. The standard InChI is InChI=1S/C11H10N2O4S2/c1-6-9(10(16)13-17-5-8(14)15)19-11(12-6)7-3-2-4-18-7/h2-4H,5H2,1H3,(H,13,16)(H,14,15). The molecule has 19 heavy (non-hydrogen) atoms. The number of hydrogen-bond acceptors (Lipinski definition) is 6. The Morgan fingerprint density at radius 3 is 2.95 bits per heavy atom. The van der Waals surface area contributed by atoms with E-state index in [1.165, 1.54) is 22.7 Å². The second-order valence-corrected chi connectivity index (χ2v) is 5.47. The van der Waals surface area contributed by atoms with Gasteiger partial charge < -0.3 is 5.11 Å². The lowest BCUT2D eigenvalue weighted by atomic mass is 10.4. The van der Waals surface area contributed by atoms with E-state index in [0.29, 0.717) is 10.6 Å². The maximum atomic E-state index is 11.8. The average Bonchev–Trinajstić information content (AvgIpc) is 2.96. The first kappa shape index (κ1) is 13.7. The van der Waals surface area contributed by atoms with Crippen molar-refractivity contribution < 1.29 is 19.5 Å². The molecule has 0 saturated carbocycles. The molecule has 0 aromatic carbocycles. The van der Waals surface area contributed by atoms with Crippen molar-refractivity contribution in [2.75, 3.05) is 6.61 Å². The van der Waals surface area contributed by atoms with E-state index in [1.807, 2.05) is 17.5 Å². The summed E-state index contributed by atoms with van der Waals surface area (Å²) in [7, 11) is 0. The summed E-state index contributed by atoms with van der Waals surface area (Å²) in [5.41, 5.74) is 2.67. The molecule has 0 aliphatic heterocycles. The van der Waals surface area contributed by atoms with Gasteiger partial charge in [-0.05, 0) is 18.4 Å². The zero-order valence-electron chi connectivity index (χ0n) is 9.87. The van der Waals surface area contributed by atoms with E-state index >= 15 is 0 Å². The summed E-state index contributed by atoms with van der Waals surface area (Å²) in [6.07, 6.45) is 0. The zero-order valence-corrected chi connectivity index (χ0v) is 11.5. The molecular weight excluding hydrogens is 288 g/mol. The van der Waals surface area contributed by atoms with E-state index in [2.05, 4.69) is 15.3 Å². The van der Waals surface area contributed by atoms with Crippen molar-refractivity contribution in [3.05, 3.63) is 28.1 Å². The lowest BCUT2D eigenvalue weighted by molar-refractivity contribution is -0.144. The van der Waals surface area contributed by atoms with Gasteiger partial charge in [0.15, 0.2) is 6.61 Å². The Kier molecular flexibility index (Phi) is 4.25. The lowest BCUT2D eigenvalue weighted by Gasteiger charge is -2.01. The number of nitrogens with one attached hydrogen (secondary N) is 1. The van der Waals surface area contributed by atoms with Gasteiger partial charge >= 0.3 is 5.97 Å². The molecule has 2 heterocycles.